The van der Waals surface area contributed by atoms with Gasteiger partial charge in [-0.15, -0.1) is 0 Å². The molecule has 1 aromatic rings. The van der Waals surface area contributed by atoms with Gasteiger partial charge in [-0.05, 0) is 13.8 Å². The minimum absolute atomic E-state index is 0.780. The van der Waals surface area contributed by atoms with Crippen molar-refractivity contribution < 1.29 is 4.74 Å². The summed E-state index contributed by atoms with van der Waals surface area (Å²) in [5.74, 6) is 0.780. The van der Waals surface area contributed by atoms with E-state index in [4.69, 9.17) is 4.74 Å². The molecule has 0 atom stereocenters. The highest BCUT2D eigenvalue weighted by Crippen LogP contribution is 2.16. The van der Waals surface area contributed by atoms with Gasteiger partial charge in [-0.25, -0.2) is 9.97 Å². The highest BCUT2D eigenvalue weighted by atomic mass is 16.5. The first-order valence-corrected chi connectivity index (χ1v) is 3.08. The van der Waals surface area contributed by atoms with Crippen molar-refractivity contribution in [2.24, 2.45) is 0 Å². The van der Waals surface area contributed by atoms with Crippen molar-refractivity contribution in [1.82, 2.24) is 9.97 Å². The van der Waals surface area contributed by atoms with Gasteiger partial charge in [0.2, 0.25) is 0 Å². The highest BCUT2D eigenvalue weighted by molar-refractivity contribution is 5.29. The molecule has 0 aliphatic heterocycles. The van der Waals surface area contributed by atoms with Gasteiger partial charge >= 0.3 is 0 Å². The first-order chi connectivity index (χ1) is 4.75. The molecule has 1 rings (SSSR count). The molecule has 0 amide bonds. The van der Waals surface area contributed by atoms with Crippen LogP contribution in [0.3, 0.4) is 0 Å². The summed E-state index contributed by atoms with van der Waals surface area (Å²) in [4.78, 5) is 7.95. The van der Waals surface area contributed by atoms with E-state index in [1.807, 2.05) is 13.8 Å². The topological polar surface area (TPSA) is 35.0 Å². The third-order valence-corrected chi connectivity index (χ3v) is 1.36. The zero-order valence-corrected chi connectivity index (χ0v) is 6.38. The Bertz CT molecular complexity index is 215. The highest BCUT2D eigenvalue weighted by Gasteiger charge is 2.01. The maximum absolute atomic E-state index is 5.05. The van der Waals surface area contributed by atoms with Gasteiger partial charge in [0.25, 0.3) is 0 Å². The SMILES string of the molecule is COc1c(C)ncnc1C. The normalized spacial score (nSPS) is 9.50. The molecule has 10 heavy (non-hydrogen) atoms. The van der Waals surface area contributed by atoms with Crippen molar-refractivity contribution >= 4 is 0 Å². The van der Waals surface area contributed by atoms with Gasteiger partial charge < -0.3 is 4.74 Å². The van der Waals surface area contributed by atoms with Gasteiger partial charge in [0, 0.05) is 0 Å². The number of methoxy groups -OCH3 is 1. The van der Waals surface area contributed by atoms with Crippen LogP contribution >= 0.6 is 0 Å². The molecule has 54 valence electrons. The molecule has 0 N–H and O–H groups in total. The second-order valence-corrected chi connectivity index (χ2v) is 2.08. The van der Waals surface area contributed by atoms with Gasteiger partial charge in [0.1, 0.15) is 6.33 Å². The Morgan fingerprint density at radius 2 is 1.70 bits per heavy atom. The van der Waals surface area contributed by atoms with Crippen molar-refractivity contribution in [2.45, 2.75) is 13.8 Å². The number of ether oxygens (including phenoxy) is 1. The quantitative estimate of drug-likeness (QED) is 0.583. The molecule has 1 heterocycles. The Morgan fingerprint density at radius 3 is 2.00 bits per heavy atom. The van der Waals surface area contributed by atoms with Crippen molar-refractivity contribution in [3.05, 3.63) is 17.7 Å². The standard InChI is InChI=1S/C7H10N2O/c1-5-7(10-3)6(2)9-4-8-5/h4H,1-3H3. The molecule has 0 unspecified atom stereocenters. The Balaban J connectivity index is 3.17. The lowest BCUT2D eigenvalue weighted by atomic mass is 10.3. The molecular weight excluding hydrogens is 128 g/mol. The van der Waals surface area contributed by atoms with Crippen LogP contribution < -0.4 is 4.74 Å². The number of nitrogens with zero attached hydrogens (tertiary/aromatic N) is 2. The summed E-state index contributed by atoms with van der Waals surface area (Å²) in [6.07, 6.45) is 1.53. The average molecular weight is 138 g/mol. The maximum Gasteiger partial charge on any atom is 0.161 e. The molecule has 0 aromatic carbocycles. The summed E-state index contributed by atoms with van der Waals surface area (Å²) < 4.78 is 5.05. The van der Waals surface area contributed by atoms with Crippen LogP contribution in [-0.4, -0.2) is 17.1 Å². The molecule has 0 bridgehead atoms. The van der Waals surface area contributed by atoms with Crippen LogP contribution in [-0.2, 0) is 0 Å². The molecule has 3 heteroatoms. The van der Waals surface area contributed by atoms with Gasteiger partial charge in [-0.2, -0.15) is 0 Å². The minimum atomic E-state index is 0.780. The predicted octanol–water partition coefficient (Wildman–Crippen LogP) is 1.10. The van der Waals surface area contributed by atoms with Crippen molar-refractivity contribution in [3.8, 4) is 5.75 Å². The molecule has 0 spiro atoms. The van der Waals surface area contributed by atoms with Crippen LogP contribution in [0, 0.1) is 13.8 Å². The molecule has 0 saturated carbocycles. The minimum Gasteiger partial charge on any atom is -0.493 e. The van der Waals surface area contributed by atoms with Crippen molar-refractivity contribution in [2.75, 3.05) is 7.11 Å². The lowest BCUT2D eigenvalue weighted by molar-refractivity contribution is 0.403. The van der Waals surface area contributed by atoms with Crippen LogP contribution in [0.5, 0.6) is 5.75 Å². The summed E-state index contributed by atoms with van der Waals surface area (Å²) in [7, 11) is 1.62. The van der Waals surface area contributed by atoms with Crippen molar-refractivity contribution in [1.29, 1.82) is 0 Å². The summed E-state index contributed by atoms with van der Waals surface area (Å²) in [6, 6.07) is 0. The molecule has 0 fully saturated rings. The fraction of sp³-hybridized carbons (Fsp3) is 0.429. The van der Waals surface area contributed by atoms with Crippen LogP contribution in [0.4, 0.5) is 0 Å². The summed E-state index contributed by atoms with van der Waals surface area (Å²) in [6.45, 7) is 3.79. The molecule has 1 aromatic heterocycles. The summed E-state index contributed by atoms with van der Waals surface area (Å²) in [5.41, 5.74) is 1.77. The van der Waals surface area contributed by atoms with Gasteiger partial charge in [-0.3, -0.25) is 0 Å². The number of hydrogen-bond acceptors (Lipinski definition) is 3. The Morgan fingerprint density at radius 1 is 1.20 bits per heavy atom. The number of hydrogen-bond donors (Lipinski definition) is 0. The number of rotatable bonds is 1. The Labute approximate surface area is 60.1 Å². The number of aromatic nitrogens is 2. The van der Waals surface area contributed by atoms with E-state index in [0.29, 0.717) is 0 Å². The summed E-state index contributed by atoms with van der Waals surface area (Å²) >= 11 is 0. The Hall–Kier alpha value is -1.12. The monoisotopic (exact) mass is 138 g/mol. The van der Waals surface area contributed by atoms with E-state index in [1.54, 1.807) is 7.11 Å². The molecule has 0 radical (unpaired) electrons. The maximum atomic E-state index is 5.05. The van der Waals surface area contributed by atoms with Crippen LogP contribution in [0.25, 0.3) is 0 Å². The lowest BCUT2D eigenvalue weighted by Crippen LogP contribution is -1.95. The molecule has 0 saturated heterocycles. The zero-order valence-electron chi connectivity index (χ0n) is 6.38. The smallest absolute Gasteiger partial charge is 0.161 e. The Kier molecular flexibility index (Phi) is 1.85. The second kappa shape index (κ2) is 2.64. The van der Waals surface area contributed by atoms with E-state index >= 15 is 0 Å². The van der Waals surface area contributed by atoms with E-state index in [0.717, 1.165) is 17.1 Å². The van der Waals surface area contributed by atoms with E-state index in [2.05, 4.69) is 9.97 Å². The van der Waals surface area contributed by atoms with Gasteiger partial charge in [-0.1, -0.05) is 0 Å². The van der Waals surface area contributed by atoms with Crippen LogP contribution in [0.15, 0.2) is 6.33 Å². The molecule has 3 nitrogen and oxygen atoms in total. The van der Waals surface area contributed by atoms with Crippen LogP contribution in [0.1, 0.15) is 11.4 Å². The lowest BCUT2D eigenvalue weighted by Gasteiger charge is -2.03. The third-order valence-electron chi connectivity index (χ3n) is 1.36. The predicted molar refractivity (Wildman–Crippen MR) is 38.1 cm³/mol. The third kappa shape index (κ3) is 1.07. The van der Waals surface area contributed by atoms with Crippen molar-refractivity contribution in [3.63, 3.8) is 0 Å². The average Bonchev–Trinajstić information content (AvgIpc) is 1.88. The van der Waals surface area contributed by atoms with E-state index in [9.17, 15) is 0 Å². The number of aryl methyl sites for hydroxylation is 2. The first-order valence-electron chi connectivity index (χ1n) is 3.08. The first kappa shape index (κ1) is 6.99. The fourth-order valence-corrected chi connectivity index (χ4v) is 0.877. The van der Waals surface area contributed by atoms with E-state index < -0.39 is 0 Å². The van der Waals surface area contributed by atoms with E-state index in [1.165, 1.54) is 6.33 Å². The molecular formula is C7H10N2O. The van der Waals surface area contributed by atoms with Gasteiger partial charge in [0.05, 0.1) is 18.5 Å². The van der Waals surface area contributed by atoms with Crippen LogP contribution in [0.2, 0.25) is 0 Å². The zero-order chi connectivity index (χ0) is 7.56. The fourth-order valence-electron chi connectivity index (χ4n) is 0.877. The molecule has 0 aliphatic rings. The molecule has 0 aliphatic carbocycles. The summed E-state index contributed by atoms with van der Waals surface area (Å²) in [5, 5.41) is 0. The van der Waals surface area contributed by atoms with Gasteiger partial charge in [0.15, 0.2) is 5.75 Å². The van der Waals surface area contributed by atoms with E-state index in [-0.39, 0.29) is 0 Å². The largest absolute Gasteiger partial charge is 0.493 e. The second-order valence-electron chi connectivity index (χ2n) is 2.08.